The van der Waals surface area contributed by atoms with Gasteiger partial charge in [0.2, 0.25) is 0 Å². The van der Waals surface area contributed by atoms with E-state index in [1.165, 1.54) is 12.1 Å². The van der Waals surface area contributed by atoms with Gasteiger partial charge in [-0.05, 0) is 42.3 Å². The van der Waals surface area contributed by atoms with E-state index >= 15 is 0 Å². The van der Waals surface area contributed by atoms with Gasteiger partial charge < -0.3 is 10.1 Å². The number of amides is 1. The average Bonchev–Trinajstić information content (AvgIpc) is 2.52. The van der Waals surface area contributed by atoms with E-state index < -0.39 is 9.84 Å². The summed E-state index contributed by atoms with van der Waals surface area (Å²) in [5, 5.41) is 2.80. The molecule has 0 aliphatic heterocycles. The summed E-state index contributed by atoms with van der Waals surface area (Å²) in [7, 11) is -1.75. The lowest BCUT2D eigenvalue weighted by Crippen LogP contribution is -2.24. The maximum absolute atomic E-state index is 12.3. The molecule has 0 saturated carbocycles. The van der Waals surface area contributed by atoms with Crippen molar-refractivity contribution < 1.29 is 17.9 Å². The summed E-state index contributed by atoms with van der Waals surface area (Å²) >= 11 is 0. The number of ether oxygens (including phenoxy) is 1. The molecule has 23 heavy (non-hydrogen) atoms. The molecule has 0 aliphatic rings. The van der Waals surface area contributed by atoms with E-state index in [4.69, 9.17) is 4.74 Å². The van der Waals surface area contributed by atoms with E-state index in [0.29, 0.717) is 12.1 Å². The summed E-state index contributed by atoms with van der Waals surface area (Å²) < 4.78 is 28.3. The minimum Gasteiger partial charge on any atom is -0.497 e. The van der Waals surface area contributed by atoms with Crippen molar-refractivity contribution in [2.24, 2.45) is 0 Å². The van der Waals surface area contributed by atoms with E-state index in [0.717, 1.165) is 23.1 Å². The number of methoxy groups -OCH3 is 1. The van der Waals surface area contributed by atoms with Gasteiger partial charge in [0.25, 0.3) is 5.91 Å². The molecule has 0 heterocycles. The average molecular weight is 333 g/mol. The van der Waals surface area contributed by atoms with Gasteiger partial charge in [0.15, 0.2) is 9.84 Å². The predicted octanol–water partition coefficient (Wildman–Crippen LogP) is 2.34. The second kappa shape index (κ2) is 6.83. The van der Waals surface area contributed by atoms with Crippen LogP contribution < -0.4 is 10.1 Å². The molecule has 0 fully saturated rings. The molecule has 0 aromatic heterocycles. The monoisotopic (exact) mass is 333 g/mol. The molecule has 0 aliphatic carbocycles. The zero-order chi connectivity index (χ0) is 17.0. The van der Waals surface area contributed by atoms with Gasteiger partial charge in [0.1, 0.15) is 5.75 Å². The van der Waals surface area contributed by atoms with Gasteiger partial charge in [-0.3, -0.25) is 4.79 Å². The van der Waals surface area contributed by atoms with E-state index in [1.54, 1.807) is 20.1 Å². The van der Waals surface area contributed by atoms with Crippen LogP contribution in [0.4, 0.5) is 0 Å². The first-order valence-corrected chi connectivity index (χ1v) is 8.92. The normalized spacial score (nSPS) is 11.1. The highest BCUT2D eigenvalue weighted by Crippen LogP contribution is 2.16. The van der Waals surface area contributed by atoms with Crippen LogP contribution in [0.15, 0.2) is 47.4 Å². The van der Waals surface area contributed by atoms with Crippen molar-refractivity contribution in [2.45, 2.75) is 18.4 Å². The summed E-state index contributed by atoms with van der Waals surface area (Å²) in [6.45, 7) is 2.12. The molecule has 0 bridgehead atoms. The molecule has 2 rings (SSSR count). The highest BCUT2D eigenvalue weighted by atomic mass is 32.2. The number of benzene rings is 2. The second-order valence-corrected chi connectivity index (χ2v) is 7.30. The van der Waals surface area contributed by atoms with Crippen molar-refractivity contribution in [3.8, 4) is 5.75 Å². The zero-order valence-electron chi connectivity index (χ0n) is 13.3. The Labute approximate surface area is 136 Å². The first-order chi connectivity index (χ1) is 10.8. The number of aryl methyl sites for hydroxylation is 1. The van der Waals surface area contributed by atoms with Crippen LogP contribution in [-0.4, -0.2) is 27.7 Å². The Hall–Kier alpha value is -2.34. The fourth-order valence-electron chi connectivity index (χ4n) is 2.10. The Balaban J connectivity index is 2.14. The third kappa shape index (κ3) is 4.32. The number of carbonyl (C=O) groups is 1. The minimum absolute atomic E-state index is 0.137. The summed E-state index contributed by atoms with van der Waals surface area (Å²) in [5.74, 6) is 0.445. The third-order valence-corrected chi connectivity index (χ3v) is 4.60. The quantitative estimate of drug-likeness (QED) is 0.911. The van der Waals surface area contributed by atoms with E-state index in [2.05, 4.69) is 5.32 Å². The van der Waals surface area contributed by atoms with Gasteiger partial charge in [0.05, 0.1) is 12.0 Å². The summed E-state index contributed by atoms with van der Waals surface area (Å²) in [5.41, 5.74) is 2.02. The molecule has 1 N–H and O–H groups in total. The number of hydrogen-bond donors (Lipinski definition) is 1. The van der Waals surface area contributed by atoms with Gasteiger partial charge >= 0.3 is 0 Å². The topological polar surface area (TPSA) is 72.5 Å². The number of carbonyl (C=O) groups excluding carboxylic acids is 1. The van der Waals surface area contributed by atoms with Gasteiger partial charge in [0, 0.05) is 18.4 Å². The molecular formula is C17H19NO4S. The number of hydrogen-bond acceptors (Lipinski definition) is 4. The Morgan fingerprint density at radius 2 is 1.78 bits per heavy atom. The first-order valence-electron chi connectivity index (χ1n) is 7.03. The van der Waals surface area contributed by atoms with Gasteiger partial charge in [-0.2, -0.15) is 0 Å². The molecule has 5 nitrogen and oxygen atoms in total. The first kappa shape index (κ1) is 17.0. The maximum atomic E-state index is 12.3. The lowest BCUT2D eigenvalue weighted by molar-refractivity contribution is 0.0950. The molecule has 0 saturated heterocycles. The van der Waals surface area contributed by atoms with Crippen LogP contribution in [0.2, 0.25) is 0 Å². The van der Waals surface area contributed by atoms with Crippen LogP contribution in [0.3, 0.4) is 0 Å². The van der Waals surface area contributed by atoms with Crippen molar-refractivity contribution in [1.29, 1.82) is 0 Å². The molecule has 0 spiro atoms. The van der Waals surface area contributed by atoms with Crippen molar-refractivity contribution in [2.75, 3.05) is 13.4 Å². The summed E-state index contributed by atoms with van der Waals surface area (Å²) in [4.78, 5) is 12.4. The Morgan fingerprint density at radius 1 is 1.13 bits per heavy atom. The number of nitrogens with one attached hydrogen (secondary N) is 1. The van der Waals surface area contributed by atoms with E-state index in [9.17, 15) is 13.2 Å². The highest BCUT2D eigenvalue weighted by Gasteiger charge is 2.14. The van der Waals surface area contributed by atoms with Crippen LogP contribution in [0.1, 0.15) is 21.5 Å². The molecular weight excluding hydrogens is 314 g/mol. The Morgan fingerprint density at radius 3 is 2.35 bits per heavy atom. The maximum Gasteiger partial charge on any atom is 0.251 e. The number of sulfone groups is 1. The lowest BCUT2D eigenvalue weighted by Gasteiger charge is -2.10. The molecule has 2 aromatic carbocycles. The van der Waals surface area contributed by atoms with Gasteiger partial charge in [-0.25, -0.2) is 8.42 Å². The fourth-order valence-corrected chi connectivity index (χ4v) is 2.74. The zero-order valence-corrected chi connectivity index (χ0v) is 14.1. The third-order valence-electron chi connectivity index (χ3n) is 3.49. The molecule has 6 heteroatoms. The minimum atomic E-state index is -3.34. The van der Waals surface area contributed by atoms with Crippen LogP contribution in [-0.2, 0) is 16.4 Å². The van der Waals surface area contributed by atoms with Crippen molar-refractivity contribution >= 4 is 15.7 Å². The summed E-state index contributed by atoms with van der Waals surface area (Å²) in [6.07, 6.45) is 1.12. The molecule has 0 unspecified atom stereocenters. The lowest BCUT2D eigenvalue weighted by atomic mass is 10.1. The van der Waals surface area contributed by atoms with Crippen molar-refractivity contribution in [3.63, 3.8) is 0 Å². The highest BCUT2D eigenvalue weighted by molar-refractivity contribution is 7.90. The molecule has 0 radical (unpaired) electrons. The van der Waals surface area contributed by atoms with Crippen molar-refractivity contribution in [1.82, 2.24) is 5.32 Å². The van der Waals surface area contributed by atoms with Gasteiger partial charge in [-0.1, -0.05) is 18.2 Å². The van der Waals surface area contributed by atoms with Crippen LogP contribution in [0, 0.1) is 6.92 Å². The molecule has 2 aromatic rings. The molecule has 1 amide bonds. The molecule has 122 valence electrons. The van der Waals surface area contributed by atoms with Crippen molar-refractivity contribution in [3.05, 3.63) is 59.2 Å². The largest absolute Gasteiger partial charge is 0.497 e. The van der Waals surface area contributed by atoms with E-state index in [1.807, 2.05) is 24.3 Å². The van der Waals surface area contributed by atoms with Crippen LogP contribution in [0.5, 0.6) is 5.75 Å². The number of rotatable bonds is 5. The standard InChI is InChI=1S/C17H19NO4S/c1-12-4-9-15(23(3,20)21)10-16(12)17(19)18-11-13-5-7-14(22-2)8-6-13/h4-10H,11H2,1-3H3,(H,18,19). The SMILES string of the molecule is COc1ccc(CNC(=O)c2cc(S(C)(=O)=O)ccc2C)cc1. The Bertz CT molecular complexity index is 811. The fraction of sp³-hybridized carbons (Fsp3) is 0.235. The predicted molar refractivity (Wildman–Crippen MR) is 88.5 cm³/mol. The van der Waals surface area contributed by atoms with Crippen LogP contribution in [0.25, 0.3) is 0 Å². The van der Waals surface area contributed by atoms with Gasteiger partial charge in [-0.15, -0.1) is 0 Å². The molecule has 0 atom stereocenters. The Kier molecular flexibility index (Phi) is 5.05. The van der Waals surface area contributed by atoms with E-state index in [-0.39, 0.29) is 10.8 Å². The smallest absolute Gasteiger partial charge is 0.251 e. The summed E-state index contributed by atoms with van der Waals surface area (Å²) in [6, 6.07) is 11.9. The van der Waals surface area contributed by atoms with Crippen LogP contribution >= 0.6 is 0 Å². The second-order valence-electron chi connectivity index (χ2n) is 5.28.